The number of aliphatic hydroxyl groups is 1. The number of aliphatic hydroxyl groups excluding tert-OH is 1. The molecule has 0 aliphatic heterocycles. The molecule has 90 valence electrons. The van der Waals surface area contributed by atoms with E-state index in [1.807, 2.05) is 6.92 Å². The van der Waals surface area contributed by atoms with E-state index in [0.29, 0.717) is 11.4 Å². The molecule has 0 radical (unpaired) electrons. The Kier molecular flexibility index (Phi) is 3.01. The molecule has 1 heterocycles. The number of methoxy groups -OCH3 is 1. The monoisotopic (exact) mass is 234 g/mol. The molecule has 0 unspecified atom stereocenters. The summed E-state index contributed by atoms with van der Waals surface area (Å²) < 4.78 is 6.85. The number of aryl methyl sites for hydroxylation is 1. The molecule has 5 nitrogen and oxygen atoms in total. The van der Waals surface area contributed by atoms with Crippen molar-refractivity contribution in [3.63, 3.8) is 0 Å². The quantitative estimate of drug-likeness (QED) is 0.842. The van der Waals surface area contributed by atoms with E-state index < -0.39 is 0 Å². The summed E-state index contributed by atoms with van der Waals surface area (Å²) in [4.78, 5) is 0. The Balaban J connectivity index is 2.55. The van der Waals surface area contributed by atoms with E-state index >= 15 is 0 Å². The predicted octanol–water partition coefficient (Wildman–Crippen LogP) is 1.39. The van der Waals surface area contributed by atoms with Crippen LogP contribution in [0.4, 0.5) is 0 Å². The van der Waals surface area contributed by atoms with Crippen LogP contribution in [0.1, 0.15) is 11.3 Å². The maximum atomic E-state index is 9.26. The SMILES string of the molecule is COc1c(CO)c(C)nn1-c1ccc(O)cc1. The first-order valence-electron chi connectivity index (χ1n) is 5.20. The number of nitrogens with zero attached hydrogens (tertiary/aromatic N) is 2. The predicted molar refractivity (Wildman–Crippen MR) is 62.4 cm³/mol. The Morgan fingerprint density at radius 3 is 2.47 bits per heavy atom. The highest BCUT2D eigenvalue weighted by Gasteiger charge is 2.16. The smallest absolute Gasteiger partial charge is 0.222 e. The maximum Gasteiger partial charge on any atom is 0.222 e. The topological polar surface area (TPSA) is 67.5 Å². The summed E-state index contributed by atoms with van der Waals surface area (Å²) >= 11 is 0. The van der Waals surface area contributed by atoms with Crippen molar-refractivity contribution in [3.8, 4) is 17.3 Å². The van der Waals surface area contributed by atoms with Gasteiger partial charge in [-0.05, 0) is 31.2 Å². The lowest BCUT2D eigenvalue weighted by molar-refractivity contribution is 0.271. The van der Waals surface area contributed by atoms with Gasteiger partial charge in [0.2, 0.25) is 5.88 Å². The second-order valence-corrected chi connectivity index (χ2v) is 3.66. The fourth-order valence-corrected chi connectivity index (χ4v) is 1.70. The van der Waals surface area contributed by atoms with Crippen LogP contribution in [-0.4, -0.2) is 27.1 Å². The maximum absolute atomic E-state index is 9.26. The largest absolute Gasteiger partial charge is 0.508 e. The third kappa shape index (κ3) is 1.97. The number of hydrogen-bond acceptors (Lipinski definition) is 4. The van der Waals surface area contributed by atoms with E-state index in [2.05, 4.69) is 5.10 Å². The third-order valence-corrected chi connectivity index (χ3v) is 2.58. The molecule has 2 N–H and O–H groups in total. The van der Waals surface area contributed by atoms with Gasteiger partial charge in [0, 0.05) is 0 Å². The van der Waals surface area contributed by atoms with Crippen LogP contribution < -0.4 is 4.74 Å². The second-order valence-electron chi connectivity index (χ2n) is 3.66. The molecule has 2 aromatic rings. The molecular formula is C12H14N2O3. The number of ether oxygens (including phenoxy) is 1. The second kappa shape index (κ2) is 4.47. The molecule has 1 aromatic carbocycles. The highest BCUT2D eigenvalue weighted by Crippen LogP contribution is 2.26. The fourth-order valence-electron chi connectivity index (χ4n) is 1.70. The van der Waals surface area contributed by atoms with Crippen molar-refractivity contribution in [2.24, 2.45) is 0 Å². The number of phenols is 1. The summed E-state index contributed by atoms with van der Waals surface area (Å²) in [7, 11) is 1.53. The molecule has 0 saturated heterocycles. The van der Waals surface area contributed by atoms with Gasteiger partial charge in [0.25, 0.3) is 0 Å². The van der Waals surface area contributed by atoms with Gasteiger partial charge in [-0.25, -0.2) is 4.68 Å². The van der Waals surface area contributed by atoms with Gasteiger partial charge in [0.05, 0.1) is 30.7 Å². The minimum Gasteiger partial charge on any atom is -0.508 e. The van der Waals surface area contributed by atoms with E-state index in [4.69, 9.17) is 4.74 Å². The van der Waals surface area contributed by atoms with E-state index in [1.54, 1.807) is 28.9 Å². The van der Waals surface area contributed by atoms with E-state index in [0.717, 1.165) is 11.4 Å². The first-order valence-corrected chi connectivity index (χ1v) is 5.20. The molecule has 0 atom stereocenters. The molecule has 2 rings (SSSR count). The number of benzene rings is 1. The Labute approximate surface area is 98.9 Å². The molecule has 5 heteroatoms. The average molecular weight is 234 g/mol. The lowest BCUT2D eigenvalue weighted by atomic mass is 10.2. The Morgan fingerprint density at radius 1 is 1.29 bits per heavy atom. The van der Waals surface area contributed by atoms with Crippen LogP contribution in [0.15, 0.2) is 24.3 Å². The van der Waals surface area contributed by atoms with Crippen molar-refractivity contribution < 1.29 is 14.9 Å². The summed E-state index contributed by atoms with van der Waals surface area (Å²) in [5.74, 6) is 0.703. The molecule has 0 amide bonds. The zero-order chi connectivity index (χ0) is 12.4. The van der Waals surface area contributed by atoms with Gasteiger partial charge in [-0.2, -0.15) is 5.10 Å². The number of phenolic OH excluding ortho intramolecular Hbond substituents is 1. The lowest BCUT2D eigenvalue weighted by Gasteiger charge is -2.07. The van der Waals surface area contributed by atoms with Gasteiger partial charge in [0.15, 0.2) is 0 Å². The first kappa shape index (κ1) is 11.5. The van der Waals surface area contributed by atoms with Crippen molar-refractivity contribution in [1.82, 2.24) is 9.78 Å². The van der Waals surface area contributed by atoms with Crippen molar-refractivity contribution in [3.05, 3.63) is 35.5 Å². The van der Waals surface area contributed by atoms with Gasteiger partial charge < -0.3 is 14.9 Å². The minimum absolute atomic E-state index is 0.118. The summed E-state index contributed by atoms with van der Waals surface area (Å²) in [6.07, 6.45) is 0. The van der Waals surface area contributed by atoms with Gasteiger partial charge in [-0.15, -0.1) is 0 Å². The van der Waals surface area contributed by atoms with E-state index in [9.17, 15) is 10.2 Å². The fraction of sp³-hybridized carbons (Fsp3) is 0.250. The molecule has 0 aliphatic carbocycles. The van der Waals surface area contributed by atoms with Crippen LogP contribution in [0.25, 0.3) is 5.69 Å². The Morgan fingerprint density at radius 2 is 1.94 bits per heavy atom. The normalized spacial score (nSPS) is 10.5. The summed E-state index contributed by atoms with van der Waals surface area (Å²) in [5.41, 5.74) is 2.15. The van der Waals surface area contributed by atoms with Crippen LogP contribution in [0.3, 0.4) is 0 Å². The zero-order valence-electron chi connectivity index (χ0n) is 9.71. The van der Waals surface area contributed by atoms with Crippen molar-refractivity contribution >= 4 is 0 Å². The van der Waals surface area contributed by atoms with Crippen LogP contribution in [-0.2, 0) is 6.61 Å². The van der Waals surface area contributed by atoms with Crippen LogP contribution in [0.5, 0.6) is 11.6 Å². The summed E-state index contributed by atoms with van der Waals surface area (Å²) in [6.45, 7) is 1.69. The van der Waals surface area contributed by atoms with Gasteiger partial charge in [-0.3, -0.25) is 0 Å². The highest BCUT2D eigenvalue weighted by atomic mass is 16.5. The van der Waals surface area contributed by atoms with Crippen LogP contribution >= 0.6 is 0 Å². The molecule has 0 fully saturated rings. The zero-order valence-corrected chi connectivity index (χ0v) is 9.71. The molecule has 0 saturated carbocycles. The molecule has 17 heavy (non-hydrogen) atoms. The summed E-state index contributed by atoms with van der Waals surface area (Å²) in [6, 6.07) is 6.60. The van der Waals surface area contributed by atoms with Crippen molar-refractivity contribution in [2.75, 3.05) is 7.11 Å². The Hall–Kier alpha value is -2.01. The molecule has 0 spiro atoms. The number of rotatable bonds is 3. The number of hydrogen-bond donors (Lipinski definition) is 2. The number of aromatic nitrogens is 2. The highest BCUT2D eigenvalue weighted by molar-refractivity contribution is 5.42. The molecule has 0 aliphatic rings. The van der Waals surface area contributed by atoms with Gasteiger partial charge in [-0.1, -0.05) is 0 Å². The van der Waals surface area contributed by atoms with Crippen LogP contribution in [0.2, 0.25) is 0 Å². The van der Waals surface area contributed by atoms with E-state index in [-0.39, 0.29) is 12.4 Å². The van der Waals surface area contributed by atoms with Crippen LogP contribution in [0, 0.1) is 6.92 Å². The average Bonchev–Trinajstić information content (AvgIpc) is 2.66. The van der Waals surface area contributed by atoms with E-state index in [1.165, 1.54) is 7.11 Å². The first-order chi connectivity index (χ1) is 8.17. The molecular weight excluding hydrogens is 220 g/mol. The molecule has 1 aromatic heterocycles. The van der Waals surface area contributed by atoms with Gasteiger partial charge in [0.1, 0.15) is 5.75 Å². The minimum atomic E-state index is -0.118. The standard InChI is InChI=1S/C12H14N2O3/c1-8-11(7-15)12(17-2)14(13-8)9-3-5-10(16)6-4-9/h3-6,15-16H,7H2,1-2H3. The Bertz CT molecular complexity index is 517. The lowest BCUT2D eigenvalue weighted by Crippen LogP contribution is -2.00. The third-order valence-electron chi connectivity index (χ3n) is 2.58. The van der Waals surface area contributed by atoms with Crippen molar-refractivity contribution in [1.29, 1.82) is 0 Å². The van der Waals surface area contributed by atoms with Crippen molar-refractivity contribution in [2.45, 2.75) is 13.5 Å². The summed E-state index contributed by atoms with van der Waals surface area (Å²) in [5, 5.41) is 22.8. The van der Waals surface area contributed by atoms with Gasteiger partial charge >= 0.3 is 0 Å². The number of aromatic hydroxyl groups is 1. The molecule has 0 bridgehead atoms.